The molecule has 6 nitrogen and oxygen atoms in total. The number of phenols is 1. The molecule has 2 aromatic rings. The number of aromatic amines is 1. The van der Waals surface area contributed by atoms with Gasteiger partial charge < -0.3 is 19.9 Å². The minimum absolute atomic E-state index is 0.0363. The van der Waals surface area contributed by atoms with Crippen LogP contribution in [0.15, 0.2) is 12.3 Å². The molecule has 1 heterocycles. The first-order valence-corrected chi connectivity index (χ1v) is 4.69. The van der Waals surface area contributed by atoms with E-state index < -0.39 is 5.97 Å². The normalized spacial score (nSPS) is 10.4. The predicted molar refractivity (Wildman–Crippen MR) is 58.9 cm³/mol. The van der Waals surface area contributed by atoms with Gasteiger partial charge in [0.2, 0.25) is 0 Å². The van der Waals surface area contributed by atoms with Crippen molar-refractivity contribution in [1.29, 1.82) is 0 Å². The molecule has 1 aromatic heterocycles. The molecule has 17 heavy (non-hydrogen) atoms. The number of methoxy groups -OCH3 is 1. The molecule has 0 atom stereocenters. The first-order valence-electron chi connectivity index (χ1n) is 4.69. The van der Waals surface area contributed by atoms with Crippen molar-refractivity contribution in [1.82, 2.24) is 4.98 Å². The fraction of sp³-hybridized carbons (Fsp3) is 0.0909. The second kappa shape index (κ2) is 3.82. The lowest BCUT2D eigenvalue weighted by Crippen LogP contribution is -1.99. The van der Waals surface area contributed by atoms with E-state index in [1.54, 1.807) is 0 Å². The van der Waals surface area contributed by atoms with Crippen LogP contribution in [0.5, 0.6) is 11.5 Å². The van der Waals surface area contributed by atoms with Crippen LogP contribution in [0.25, 0.3) is 10.9 Å². The number of carbonyl (C=O) groups excluding carboxylic acids is 1. The molecule has 0 saturated heterocycles. The number of rotatable bonds is 3. The van der Waals surface area contributed by atoms with Gasteiger partial charge in [-0.25, -0.2) is 4.79 Å². The monoisotopic (exact) mass is 235 g/mol. The summed E-state index contributed by atoms with van der Waals surface area (Å²) < 4.78 is 4.87. The lowest BCUT2D eigenvalue weighted by molar-refractivity contribution is 0.0698. The number of H-pyrrole nitrogens is 1. The maximum absolute atomic E-state index is 11.1. The van der Waals surface area contributed by atoms with Crippen molar-refractivity contribution in [3.05, 3.63) is 23.4 Å². The molecule has 0 spiro atoms. The largest absolute Gasteiger partial charge is 0.503 e. The SMILES string of the molecule is COc1cc(C(=O)O)c2c(C=O)c[nH]c2c1O. The van der Waals surface area contributed by atoms with Crippen LogP contribution in [-0.4, -0.2) is 34.6 Å². The molecule has 3 N–H and O–H groups in total. The number of carbonyl (C=O) groups is 2. The van der Waals surface area contributed by atoms with E-state index in [2.05, 4.69) is 4.98 Å². The maximum Gasteiger partial charge on any atom is 0.336 e. The van der Waals surface area contributed by atoms with Crippen LogP contribution in [0, 0.1) is 0 Å². The Morgan fingerprint density at radius 3 is 2.76 bits per heavy atom. The van der Waals surface area contributed by atoms with Gasteiger partial charge in [0.15, 0.2) is 17.8 Å². The number of aromatic carboxylic acids is 1. The van der Waals surface area contributed by atoms with Crippen LogP contribution in [0.2, 0.25) is 0 Å². The summed E-state index contributed by atoms with van der Waals surface area (Å²) in [6, 6.07) is 1.18. The van der Waals surface area contributed by atoms with E-state index in [0.29, 0.717) is 6.29 Å². The van der Waals surface area contributed by atoms with Crippen LogP contribution in [-0.2, 0) is 0 Å². The molecule has 1 aromatic carbocycles. The summed E-state index contributed by atoms with van der Waals surface area (Å²) in [6.07, 6.45) is 1.86. The number of ether oxygens (including phenoxy) is 1. The van der Waals surface area contributed by atoms with Crippen molar-refractivity contribution in [2.45, 2.75) is 0 Å². The molecule has 2 rings (SSSR count). The minimum atomic E-state index is -1.20. The highest BCUT2D eigenvalue weighted by molar-refractivity contribution is 6.11. The van der Waals surface area contributed by atoms with Gasteiger partial charge in [0.25, 0.3) is 0 Å². The maximum atomic E-state index is 11.1. The summed E-state index contributed by atoms with van der Waals surface area (Å²) in [6.45, 7) is 0. The fourth-order valence-electron chi connectivity index (χ4n) is 1.73. The number of carboxylic acid groups (broad SMARTS) is 1. The number of nitrogens with one attached hydrogen (secondary N) is 1. The summed E-state index contributed by atoms with van der Waals surface area (Å²) in [7, 11) is 1.32. The van der Waals surface area contributed by atoms with Crippen molar-refractivity contribution >= 4 is 23.2 Å². The van der Waals surface area contributed by atoms with E-state index >= 15 is 0 Å². The zero-order valence-corrected chi connectivity index (χ0v) is 8.85. The molecule has 6 heteroatoms. The van der Waals surface area contributed by atoms with Crippen molar-refractivity contribution in [3.8, 4) is 11.5 Å². The topological polar surface area (TPSA) is 99.6 Å². The fourth-order valence-corrected chi connectivity index (χ4v) is 1.73. The summed E-state index contributed by atoms with van der Waals surface area (Å²) >= 11 is 0. The van der Waals surface area contributed by atoms with E-state index in [0.717, 1.165) is 0 Å². The number of aromatic nitrogens is 1. The lowest BCUT2D eigenvalue weighted by atomic mass is 10.1. The zero-order valence-electron chi connectivity index (χ0n) is 8.85. The number of hydrogen-bond acceptors (Lipinski definition) is 4. The highest BCUT2D eigenvalue weighted by atomic mass is 16.5. The predicted octanol–water partition coefficient (Wildman–Crippen LogP) is 1.39. The Morgan fingerprint density at radius 1 is 1.53 bits per heavy atom. The van der Waals surface area contributed by atoms with Crippen molar-refractivity contribution in [3.63, 3.8) is 0 Å². The van der Waals surface area contributed by atoms with Gasteiger partial charge in [0.05, 0.1) is 18.2 Å². The van der Waals surface area contributed by atoms with E-state index in [1.165, 1.54) is 19.4 Å². The third-order valence-corrected chi connectivity index (χ3v) is 2.50. The van der Waals surface area contributed by atoms with Crippen LogP contribution in [0.1, 0.15) is 20.7 Å². The molecular weight excluding hydrogens is 226 g/mol. The van der Waals surface area contributed by atoms with Gasteiger partial charge in [-0.15, -0.1) is 0 Å². The number of carboxylic acids is 1. The Balaban J connectivity index is 2.94. The molecule has 0 amide bonds. The molecule has 0 saturated carbocycles. The summed E-state index contributed by atoms with van der Waals surface area (Å²) in [4.78, 5) is 24.5. The number of benzene rings is 1. The summed E-state index contributed by atoms with van der Waals surface area (Å²) in [5, 5.41) is 19.0. The first kappa shape index (κ1) is 11.0. The van der Waals surface area contributed by atoms with Gasteiger partial charge in [-0.1, -0.05) is 0 Å². The van der Waals surface area contributed by atoms with Gasteiger partial charge >= 0.3 is 5.97 Å². The number of fused-ring (bicyclic) bond motifs is 1. The number of phenolic OH excluding ortho intramolecular Hbond substituents is 1. The Morgan fingerprint density at radius 2 is 2.24 bits per heavy atom. The summed E-state index contributed by atoms with van der Waals surface area (Å²) in [5.41, 5.74) is 0.247. The molecule has 0 fully saturated rings. The Kier molecular flexibility index (Phi) is 2.47. The molecule has 0 unspecified atom stereocenters. The van der Waals surface area contributed by atoms with Crippen LogP contribution >= 0.6 is 0 Å². The standard InChI is InChI=1S/C11H9NO5/c1-17-7-2-6(11(15)16)8-5(4-13)3-12-9(8)10(7)14/h2-4,12,14H,1H3,(H,15,16). The Bertz CT molecular complexity index is 614. The minimum Gasteiger partial charge on any atom is -0.503 e. The average Bonchev–Trinajstić information content (AvgIpc) is 2.73. The smallest absolute Gasteiger partial charge is 0.336 e. The molecule has 88 valence electrons. The number of aromatic hydroxyl groups is 1. The van der Waals surface area contributed by atoms with E-state index in [-0.39, 0.29) is 33.5 Å². The van der Waals surface area contributed by atoms with Crippen molar-refractivity contribution < 1.29 is 24.5 Å². The average molecular weight is 235 g/mol. The van der Waals surface area contributed by atoms with Crippen molar-refractivity contribution in [2.75, 3.05) is 7.11 Å². The Labute approximate surface area is 95.4 Å². The third-order valence-electron chi connectivity index (χ3n) is 2.50. The van der Waals surface area contributed by atoms with E-state index in [9.17, 15) is 14.7 Å². The zero-order chi connectivity index (χ0) is 12.6. The van der Waals surface area contributed by atoms with E-state index in [4.69, 9.17) is 9.84 Å². The molecular formula is C11H9NO5. The van der Waals surface area contributed by atoms with Crippen LogP contribution in [0.4, 0.5) is 0 Å². The van der Waals surface area contributed by atoms with Gasteiger partial charge in [-0.2, -0.15) is 0 Å². The number of aldehydes is 1. The number of hydrogen-bond donors (Lipinski definition) is 3. The molecule has 0 aliphatic rings. The van der Waals surface area contributed by atoms with Gasteiger partial charge in [-0.05, 0) is 6.07 Å². The molecule has 0 radical (unpaired) electrons. The second-order valence-electron chi connectivity index (χ2n) is 3.39. The van der Waals surface area contributed by atoms with Gasteiger partial charge in [0, 0.05) is 17.1 Å². The Hall–Kier alpha value is -2.50. The highest BCUT2D eigenvalue weighted by Crippen LogP contribution is 2.37. The van der Waals surface area contributed by atoms with Crippen molar-refractivity contribution in [2.24, 2.45) is 0 Å². The van der Waals surface area contributed by atoms with Gasteiger partial charge in [0.1, 0.15) is 0 Å². The van der Waals surface area contributed by atoms with Gasteiger partial charge in [-0.3, -0.25) is 4.79 Å². The van der Waals surface area contributed by atoms with Crippen LogP contribution in [0.3, 0.4) is 0 Å². The first-order chi connectivity index (χ1) is 8.10. The van der Waals surface area contributed by atoms with Crippen LogP contribution < -0.4 is 4.74 Å². The quantitative estimate of drug-likeness (QED) is 0.698. The molecule has 0 aliphatic heterocycles. The molecule has 0 bridgehead atoms. The highest BCUT2D eigenvalue weighted by Gasteiger charge is 2.20. The summed E-state index contributed by atoms with van der Waals surface area (Å²) in [5.74, 6) is -1.38. The second-order valence-corrected chi connectivity index (χ2v) is 3.39. The lowest BCUT2D eigenvalue weighted by Gasteiger charge is -2.07. The third kappa shape index (κ3) is 1.50. The van der Waals surface area contributed by atoms with E-state index in [1.807, 2.05) is 0 Å². The molecule has 0 aliphatic carbocycles.